The highest BCUT2D eigenvalue weighted by atomic mass is 32.1. The lowest BCUT2D eigenvalue weighted by molar-refractivity contribution is -0.124. The number of nitrogens with zero attached hydrogens (tertiary/aromatic N) is 3. The van der Waals surface area contributed by atoms with Crippen molar-refractivity contribution in [1.82, 2.24) is 9.97 Å². The Kier molecular flexibility index (Phi) is 3.98. The largest absolute Gasteiger partial charge is 0.283 e. The molecule has 4 rings (SSSR count). The van der Waals surface area contributed by atoms with Crippen molar-refractivity contribution in [2.45, 2.75) is 25.8 Å². The molecule has 1 saturated carbocycles. The van der Waals surface area contributed by atoms with Crippen molar-refractivity contribution in [3.05, 3.63) is 54.1 Å². The number of aromatic nitrogens is 2. The number of carbonyl (C=O) groups is 1. The van der Waals surface area contributed by atoms with Crippen molar-refractivity contribution in [2.24, 2.45) is 5.92 Å². The van der Waals surface area contributed by atoms with Gasteiger partial charge in [0.2, 0.25) is 5.91 Å². The summed E-state index contributed by atoms with van der Waals surface area (Å²) in [6, 6.07) is 8.67. The molecule has 0 unspecified atom stereocenters. The van der Waals surface area contributed by atoms with Crippen LogP contribution in [-0.4, -0.2) is 15.9 Å². The van der Waals surface area contributed by atoms with Gasteiger partial charge in [-0.15, -0.1) is 0 Å². The molecule has 0 spiro atoms. The summed E-state index contributed by atoms with van der Waals surface area (Å²) < 4.78 is 14.7. The summed E-state index contributed by atoms with van der Waals surface area (Å²) in [5.74, 6) is -0.226. The normalized spacial score (nSPS) is 14.5. The summed E-state index contributed by atoms with van der Waals surface area (Å²) in [4.78, 5) is 23.1. The highest BCUT2D eigenvalue weighted by molar-refractivity contribution is 7.22. The number of carbonyl (C=O) groups excluding carboxylic acids is 1. The van der Waals surface area contributed by atoms with Crippen LogP contribution in [0.2, 0.25) is 0 Å². The molecule has 24 heavy (non-hydrogen) atoms. The second-order valence-corrected chi connectivity index (χ2v) is 7.01. The molecule has 2 aromatic heterocycles. The van der Waals surface area contributed by atoms with Crippen LogP contribution in [0.5, 0.6) is 0 Å². The van der Waals surface area contributed by atoms with Gasteiger partial charge in [0, 0.05) is 18.3 Å². The van der Waals surface area contributed by atoms with E-state index in [0.717, 1.165) is 29.5 Å². The van der Waals surface area contributed by atoms with Crippen molar-refractivity contribution < 1.29 is 9.18 Å². The van der Waals surface area contributed by atoms with Gasteiger partial charge in [-0.05, 0) is 36.6 Å². The fourth-order valence-corrected chi connectivity index (χ4v) is 3.79. The van der Waals surface area contributed by atoms with Gasteiger partial charge in [-0.3, -0.25) is 14.7 Å². The van der Waals surface area contributed by atoms with Gasteiger partial charge in [-0.25, -0.2) is 9.37 Å². The zero-order chi connectivity index (χ0) is 16.5. The first-order chi connectivity index (χ1) is 11.7. The summed E-state index contributed by atoms with van der Waals surface area (Å²) in [5.41, 5.74) is 1.26. The van der Waals surface area contributed by atoms with Gasteiger partial charge >= 0.3 is 0 Å². The minimum absolute atomic E-state index is 0.0542. The molecule has 122 valence electrons. The minimum Gasteiger partial charge on any atom is -0.283 e. The van der Waals surface area contributed by atoms with Crippen LogP contribution in [0.3, 0.4) is 0 Å². The first kappa shape index (κ1) is 15.2. The van der Waals surface area contributed by atoms with Crippen molar-refractivity contribution >= 4 is 32.6 Å². The second-order valence-electron chi connectivity index (χ2n) is 6.00. The van der Waals surface area contributed by atoms with E-state index in [1.165, 1.54) is 17.4 Å². The lowest BCUT2D eigenvalue weighted by Gasteiger charge is -2.30. The lowest BCUT2D eigenvalue weighted by atomic mass is 9.84. The predicted molar refractivity (Wildman–Crippen MR) is 92.3 cm³/mol. The number of fused-ring (bicyclic) bond motifs is 1. The Hall–Kier alpha value is -2.34. The number of hydrogen-bond acceptors (Lipinski definition) is 4. The van der Waals surface area contributed by atoms with E-state index in [1.807, 2.05) is 18.2 Å². The van der Waals surface area contributed by atoms with Crippen LogP contribution < -0.4 is 4.90 Å². The average Bonchev–Trinajstić information content (AvgIpc) is 2.97. The number of rotatable bonds is 4. The van der Waals surface area contributed by atoms with Crippen LogP contribution in [0.1, 0.15) is 24.8 Å². The third-order valence-corrected chi connectivity index (χ3v) is 5.42. The van der Waals surface area contributed by atoms with Crippen LogP contribution in [-0.2, 0) is 11.3 Å². The summed E-state index contributed by atoms with van der Waals surface area (Å²) in [5, 5.41) is 0.552. The van der Waals surface area contributed by atoms with Gasteiger partial charge in [0.25, 0.3) is 0 Å². The van der Waals surface area contributed by atoms with Crippen molar-refractivity contribution in [1.29, 1.82) is 0 Å². The third-order valence-electron chi connectivity index (χ3n) is 4.37. The first-order valence-electron chi connectivity index (χ1n) is 7.98. The van der Waals surface area contributed by atoms with E-state index >= 15 is 0 Å². The van der Waals surface area contributed by atoms with E-state index in [2.05, 4.69) is 9.97 Å². The maximum atomic E-state index is 14.0. The zero-order valence-electron chi connectivity index (χ0n) is 13.0. The van der Waals surface area contributed by atoms with E-state index in [9.17, 15) is 9.18 Å². The van der Waals surface area contributed by atoms with Crippen LogP contribution >= 0.6 is 11.3 Å². The smallest absolute Gasteiger partial charge is 0.232 e. The number of benzene rings is 1. The van der Waals surface area contributed by atoms with Gasteiger partial charge < -0.3 is 0 Å². The predicted octanol–water partition coefficient (Wildman–Crippen LogP) is 4.16. The molecule has 2 heterocycles. The first-order valence-corrected chi connectivity index (χ1v) is 8.79. The molecule has 1 aliphatic rings. The number of halogens is 1. The van der Waals surface area contributed by atoms with Gasteiger partial charge in [0.15, 0.2) is 5.13 Å². The highest BCUT2D eigenvalue weighted by Crippen LogP contribution is 2.35. The number of thiazole rings is 1. The number of amides is 1. The standard InChI is InChI=1S/C18H16FN3OS/c19-14-7-2-8-15-16(14)21-18(24-15)22(17(23)13-5-1-6-13)11-12-4-3-9-20-10-12/h2-4,7-10,13H,1,5-6,11H2. The summed E-state index contributed by atoms with van der Waals surface area (Å²) >= 11 is 1.35. The fourth-order valence-electron chi connectivity index (χ4n) is 2.81. The van der Waals surface area contributed by atoms with Crippen LogP contribution in [0, 0.1) is 11.7 Å². The molecule has 1 aromatic carbocycles. The molecular weight excluding hydrogens is 325 g/mol. The molecule has 0 aliphatic heterocycles. The van der Waals surface area contributed by atoms with Crippen LogP contribution in [0.15, 0.2) is 42.7 Å². The Bertz CT molecular complexity index is 876. The number of pyridine rings is 1. The molecule has 0 radical (unpaired) electrons. The molecule has 0 atom stereocenters. The molecular formula is C18H16FN3OS. The van der Waals surface area contributed by atoms with Crippen LogP contribution in [0.25, 0.3) is 10.2 Å². The molecule has 1 fully saturated rings. The lowest BCUT2D eigenvalue weighted by Crippen LogP contribution is -2.38. The molecule has 4 nitrogen and oxygen atoms in total. The molecule has 0 bridgehead atoms. The average molecular weight is 341 g/mol. The van der Waals surface area contributed by atoms with E-state index in [-0.39, 0.29) is 17.6 Å². The van der Waals surface area contributed by atoms with E-state index in [0.29, 0.717) is 17.2 Å². The number of para-hydroxylation sites is 1. The Labute approximate surface area is 143 Å². The SMILES string of the molecule is O=C(C1CCC1)N(Cc1cccnc1)c1nc2c(F)cccc2s1. The van der Waals surface area contributed by atoms with Gasteiger partial charge in [-0.1, -0.05) is 29.9 Å². The molecule has 3 aromatic rings. The summed E-state index contributed by atoms with van der Waals surface area (Å²) in [6.07, 6.45) is 6.37. The van der Waals surface area contributed by atoms with Crippen molar-refractivity contribution in [2.75, 3.05) is 4.90 Å². The Balaban J connectivity index is 1.72. The number of hydrogen-bond donors (Lipinski definition) is 0. The molecule has 0 saturated heterocycles. The van der Waals surface area contributed by atoms with Gasteiger partial charge in [0.05, 0.1) is 11.2 Å². The Morgan fingerprint density at radius 1 is 1.29 bits per heavy atom. The monoisotopic (exact) mass is 341 g/mol. The van der Waals surface area contributed by atoms with Crippen LogP contribution in [0.4, 0.5) is 9.52 Å². The van der Waals surface area contributed by atoms with Gasteiger partial charge in [0.1, 0.15) is 11.3 Å². The Morgan fingerprint density at radius 2 is 2.17 bits per heavy atom. The molecule has 0 N–H and O–H groups in total. The molecule has 6 heteroatoms. The van der Waals surface area contributed by atoms with Gasteiger partial charge in [-0.2, -0.15) is 0 Å². The maximum absolute atomic E-state index is 14.0. The number of anilines is 1. The van der Waals surface area contributed by atoms with E-state index in [1.54, 1.807) is 23.4 Å². The quantitative estimate of drug-likeness (QED) is 0.716. The summed E-state index contributed by atoms with van der Waals surface area (Å²) in [7, 11) is 0. The Morgan fingerprint density at radius 3 is 2.83 bits per heavy atom. The van der Waals surface area contributed by atoms with E-state index < -0.39 is 0 Å². The third kappa shape index (κ3) is 2.78. The second kappa shape index (κ2) is 6.28. The van der Waals surface area contributed by atoms with Crippen molar-refractivity contribution in [3.8, 4) is 0 Å². The minimum atomic E-state index is -0.354. The summed E-state index contributed by atoms with van der Waals surface area (Å²) in [6.45, 7) is 0.407. The van der Waals surface area contributed by atoms with Crippen molar-refractivity contribution in [3.63, 3.8) is 0 Å². The van der Waals surface area contributed by atoms with E-state index in [4.69, 9.17) is 0 Å². The highest BCUT2D eigenvalue weighted by Gasteiger charge is 2.32. The topological polar surface area (TPSA) is 46.1 Å². The fraction of sp³-hybridized carbons (Fsp3) is 0.278. The molecule has 1 aliphatic carbocycles. The molecule has 1 amide bonds. The maximum Gasteiger partial charge on any atom is 0.232 e. The zero-order valence-corrected chi connectivity index (χ0v) is 13.8.